The molecular weight excluding hydrogens is 373 g/mol. The number of hydrogen-bond acceptors (Lipinski definition) is 4. The Bertz CT molecular complexity index is 808. The van der Waals surface area contributed by atoms with Crippen molar-refractivity contribution < 1.29 is 17.9 Å². The van der Waals surface area contributed by atoms with Crippen LogP contribution in [0, 0.1) is 0 Å². The molecule has 0 saturated carbocycles. The highest BCUT2D eigenvalue weighted by molar-refractivity contribution is 7.99. The highest BCUT2D eigenvalue weighted by Crippen LogP contribution is 2.50. The molecule has 0 amide bonds. The molecule has 3 rings (SSSR count). The van der Waals surface area contributed by atoms with E-state index in [1.165, 1.54) is 17.8 Å². The topological polar surface area (TPSA) is 24.5 Å². The van der Waals surface area contributed by atoms with E-state index in [1.54, 1.807) is 6.07 Å². The van der Waals surface area contributed by atoms with E-state index in [-0.39, 0.29) is 6.10 Å². The van der Waals surface area contributed by atoms with Gasteiger partial charge in [0.15, 0.2) is 0 Å². The molecular formula is C20H23F3N2OS. The molecule has 7 heteroatoms. The van der Waals surface area contributed by atoms with Crippen molar-refractivity contribution in [1.82, 2.24) is 5.32 Å². The number of anilines is 2. The molecule has 2 aromatic rings. The van der Waals surface area contributed by atoms with Gasteiger partial charge in [0, 0.05) is 16.3 Å². The first kappa shape index (κ1) is 19.9. The average Bonchev–Trinajstić information content (AvgIpc) is 2.59. The van der Waals surface area contributed by atoms with Gasteiger partial charge in [-0.3, -0.25) is 0 Å². The van der Waals surface area contributed by atoms with E-state index in [9.17, 15) is 13.2 Å². The van der Waals surface area contributed by atoms with E-state index in [4.69, 9.17) is 4.74 Å². The highest BCUT2D eigenvalue weighted by Gasteiger charge is 2.33. The van der Waals surface area contributed by atoms with Crippen LogP contribution < -0.4 is 15.0 Å². The molecule has 27 heavy (non-hydrogen) atoms. The quantitative estimate of drug-likeness (QED) is 0.633. The minimum absolute atomic E-state index is 0.0602. The number of nitrogens with one attached hydrogen (secondary N) is 1. The molecule has 0 bridgehead atoms. The zero-order valence-electron chi connectivity index (χ0n) is 15.6. The first-order chi connectivity index (χ1) is 12.8. The van der Waals surface area contributed by atoms with Crippen LogP contribution in [-0.4, -0.2) is 26.2 Å². The SMILES string of the molecule is CNCCCN1c2ccc(OC(C)C)cc2Sc2ccc(C(F)(F)F)cc21. The van der Waals surface area contributed by atoms with Gasteiger partial charge in [0.25, 0.3) is 0 Å². The molecule has 3 nitrogen and oxygen atoms in total. The Morgan fingerprint density at radius 3 is 2.52 bits per heavy atom. The minimum atomic E-state index is -4.36. The predicted octanol–water partition coefficient (Wildman–Crippen LogP) is 5.70. The van der Waals surface area contributed by atoms with Gasteiger partial charge in [0.2, 0.25) is 0 Å². The summed E-state index contributed by atoms with van der Waals surface area (Å²) in [5, 5.41) is 3.09. The van der Waals surface area contributed by atoms with Crippen molar-refractivity contribution in [2.75, 3.05) is 25.0 Å². The van der Waals surface area contributed by atoms with Gasteiger partial charge >= 0.3 is 6.18 Å². The van der Waals surface area contributed by atoms with Gasteiger partial charge in [-0.05, 0) is 70.3 Å². The Hall–Kier alpha value is -1.86. The van der Waals surface area contributed by atoms with E-state index in [0.29, 0.717) is 12.2 Å². The number of alkyl halides is 3. The first-order valence-corrected chi connectivity index (χ1v) is 9.73. The zero-order valence-corrected chi connectivity index (χ0v) is 16.4. The van der Waals surface area contributed by atoms with Gasteiger partial charge < -0.3 is 15.0 Å². The summed E-state index contributed by atoms with van der Waals surface area (Å²) < 4.78 is 45.4. The molecule has 1 N–H and O–H groups in total. The smallest absolute Gasteiger partial charge is 0.416 e. The second-order valence-electron chi connectivity index (χ2n) is 6.69. The second kappa shape index (κ2) is 8.02. The van der Waals surface area contributed by atoms with Gasteiger partial charge in [0.05, 0.1) is 23.0 Å². The van der Waals surface area contributed by atoms with E-state index in [2.05, 4.69) is 5.32 Å². The number of fused-ring (bicyclic) bond motifs is 2. The molecule has 1 aliphatic rings. The number of benzene rings is 2. The van der Waals surface area contributed by atoms with Crippen molar-refractivity contribution in [2.45, 2.75) is 42.3 Å². The number of hydrogen-bond donors (Lipinski definition) is 1. The maximum atomic E-state index is 13.2. The van der Waals surface area contributed by atoms with Crippen molar-refractivity contribution in [2.24, 2.45) is 0 Å². The Morgan fingerprint density at radius 1 is 1.07 bits per heavy atom. The predicted molar refractivity (Wildman–Crippen MR) is 103 cm³/mol. The van der Waals surface area contributed by atoms with Crippen LogP contribution >= 0.6 is 11.8 Å². The third kappa shape index (κ3) is 4.52. The molecule has 1 aliphatic heterocycles. The standard InChI is InChI=1S/C20H23F3N2OS/c1-13(2)26-15-6-7-16-19(12-15)27-18-8-5-14(20(21,22)23)11-17(18)25(16)10-4-9-24-3/h5-8,11-13,24H,4,9-10H2,1-3H3. The van der Waals surface area contributed by atoms with Gasteiger partial charge in [-0.1, -0.05) is 11.8 Å². The monoisotopic (exact) mass is 396 g/mol. The fourth-order valence-corrected chi connectivity index (χ4v) is 4.14. The summed E-state index contributed by atoms with van der Waals surface area (Å²) in [5.74, 6) is 0.766. The van der Waals surface area contributed by atoms with E-state index in [0.717, 1.165) is 40.3 Å². The third-order valence-corrected chi connectivity index (χ3v) is 5.31. The van der Waals surface area contributed by atoms with Gasteiger partial charge in [-0.25, -0.2) is 0 Å². The first-order valence-electron chi connectivity index (χ1n) is 8.91. The number of rotatable bonds is 6. The summed E-state index contributed by atoms with van der Waals surface area (Å²) in [6, 6.07) is 9.74. The Balaban J connectivity index is 2.01. The maximum Gasteiger partial charge on any atom is 0.416 e. The number of ether oxygens (including phenoxy) is 1. The summed E-state index contributed by atoms with van der Waals surface area (Å²) in [6.07, 6.45) is -3.48. The van der Waals surface area contributed by atoms with Crippen molar-refractivity contribution in [1.29, 1.82) is 0 Å². The summed E-state index contributed by atoms with van der Waals surface area (Å²) in [5.41, 5.74) is 0.902. The molecule has 2 aromatic carbocycles. The van der Waals surface area contributed by atoms with Crippen molar-refractivity contribution in [3.63, 3.8) is 0 Å². The lowest BCUT2D eigenvalue weighted by molar-refractivity contribution is -0.137. The van der Waals surface area contributed by atoms with Crippen LogP contribution in [0.15, 0.2) is 46.2 Å². The number of halogens is 3. The normalized spacial score (nSPS) is 13.5. The largest absolute Gasteiger partial charge is 0.491 e. The third-order valence-electron chi connectivity index (χ3n) is 4.20. The summed E-state index contributed by atoms with van der Waals surface area (Å²) in [7, 11) is 1.87. The average molecular weight is 396 g/mol. The summed E-state index contributed by atoms with van der Waals surface area (Å²) >= 11 is 1.48. The van der Waals surface area contributed by atoms with Crippen LogP contribution in [0.1, 0.15) is 25.8 Å². The van der Waals surface area contributed by atoms with Crippen LogP contribution in [-0.2, 0) is 6.18 Å². The van der Waals surface area contributed by atoms with Crippen molar-refractivity contribution >= 4 is 23.1 Å². The van der Waals surface area contributed by atoms with Gasteiger partial charge in [-0.2, -0.15) is 13.2 Å². The molecule has 146 valence electrons. The van der Waals surface area contributed by atoms with Crippen LogP contribution in [0.3, 0.4) is 0 Å². The van der Waals surface area contributed by atoms with E-state index < -0.39 is 11.7 Å². The molecule has 0 aliphatic carbocycles. The van der Waals surface area contributed by atoms with Gasteiger partial charge in [-0.15, -0.1) is 0 Å². The van der Waals surface area contributed by atoms with Crippen molar-refractivity contribution in [3.05, 3.63) is 42.0 Å². The molecule has 0 unspecified atom stereocenters. The van der Waals surface area contributed by atoms with Gasteiger partial charge in [0.1, 0.15) is 5.75 Å². The fraction of sp³-hybridized carbons (Fsp3) is 0.400. The van der Waals surface area contributed by atoms with Crippen LogP contribution in [0.25, 0.3) is 0 Å². The van der Waals surface area contributed by atoms with Crippen molar-refractivity contribution in [3.8, 4) is 5.75 Å². The minimum Gasteiger partial charge on any atom is -0.491 e. The van der Waals surface area contributed by atoms with Crippen LogP contribution in [0.2, 0.25) is 0 Å². The van der Waals surface area contributed by atoms with Crippen LogP contribution in [0.5, 0.6) is 5.75 Å². The Kier molecular flexibility index (Phi) is 5.91. The maximum absolute atomic E-state index is 13.2. The molecule has 0 spiro atoms. The zero-order chi connectivity index (χ0) is 19.6. The van der Waals surface area contributed by atoms with E-state index >= 15 is 0 Å². The highest BCUT2D eigenvalue weighted by atomic mass is 32.2. The second-order valence-corrected chi connectivity index (χ2v) is 7.77. The molecule has 1 heterocycles. The molecule has 0 fully saturated rings. The molecule has 0 radical (unpaired) electrons. The summed E-state index contributed by atoms with van der Waals surface area (Å²) in [6.45, 7) is 5.35. The number of nitrogens with zero attached hydrogens (tertiary/aromatic N) is 1. The molecule has 0 atom stereocenters. The Morgan fingerprint density at radius 2 is 1.85 bits per heavy atom. The van der Waals surface area contributed by atoms with E-state index in [1.807, 2.05) is 44.0 Å². The lowest BCUT2D eigenvalue weighted by Gasteiger charge is -2.33. The Labute approximate surface area is 161 Å². The fourth-order valence-electron chi connectivity index (χ4n) is 3.04. The lowest BCUT2D eigenvalue weighted by atomic mass is 10.1. The summed E-state index contributed by atoms with van der Waals surface area (Å²) in [4.78, 5) is 3.79. The lowest BCUT2D eigenvalue weighted by Crippen LogP contribution is -2.25. The van der Waals surface area contributed by atoms with Crippen LogP contribution in [0.4, 0.5) is 24.5 Å². The molecule has 0 saturated heterocycles. The molecule has 0 aromatic heterocycles.